The summed E-state index contributed by atoms with van der Waals surface area (Å²) in [4.78, 5) is 33.6. The van der Waals surface area contributed by atoms with E-state index >= 15 is 0 Å². The van der Waals surface area contributed by atoms with Gasteiger partial charge in [0.25, 0.3) is 0 Å². The van der Waals surface area contributed by atoms with E-state index in [0.717, 1.165) is 19.3 Å². The first-order valence-electron chi connectivity index (χ1n) is 11.7. The third-order valence-electron chi connectivity index (χ3n) is 5.19. The number of esters is 2. The number of ether oxygens (including phenoxy) is 1. The minimum atomic E-state index is -1.16. The summed E-state index contributed by atoms with van der Waals surface area (Å²) < 4.78 is 4.67. The Morgan fingerprint density at radius 2 is 1.06 bits per heavy atom. The number of hydrogen-bond acceptors (Lipinski definition) is 5. The van der Waals surface area contributed by atoms with Crippen LogP contribution in [0.5, 0.6) is 0 Å². The molecular weight excluding hydrogens is 416 g/mol. The Balaban J connectivity index is -0.000000653. The second-order valence-electron chi connectivity index (χ2n) is 8.03. The Bertz CT molecular complexity index is 461. The van der Waals surface area contributed by atoms with Gasteiger partial charge in [0.1, 0.15) is 6.04 Å². The van der Waals surface area contributed by atoms with Crippen LogP contribution in [0.3, 0.4) is 0 Å². The van der Waals surface area contributed by atoms with Crippen molar-refractivity contribution in [2.75, 3.05) is 0 Å². The van der Waals surface area contributed by atoms with Gasteiger partial charge < -0.3 is 18.4 Å². The van der Waals surface area contributed by atoms with Gasteiger partial charge in [0.05, 0.1) is 0 Å². The van der Waals surface area contributed by atoms with Gasteiger partial charge in [0, 0.05) is 12.8 Å². The molecule has 8 heteroatoms. The molecule has 174 valence electrons. The molecule has 3 N–H and O–H groups in total. The zero-order valence-electron chi connectivity index (χ0n) is 22.5. The largest absolute Gasteiger partial charge is 1.00 e. The predicted octanol–water partition coefficient (Wildman–Crippen LogP) is -0.257. The molecule has 0 fully saturated rings. The zero-order valence-corrected chi connectivity index (χ0v) is 24.5. The molecule has 0 saturated carbocycles. The van der Waals surface area contributed by atoms with E-state index < -0.39 is 23.9 Å². The van der Waals surface area contributed by atoms with E-state index in [1.807, 2.05) is 0 Å². The second kappa shape index (κ2) is 26.8. The van der Waals surface area contributed by atoms with Crippen molar-refractivity contribution in [3.05, 3.63) is 0 Å². The van der Waals surface area contributed by atoms with Crippen LogP contribution in [0.1, 0.15) is 125 Å². The number of carboxylic acids is 1. The third-order valence-corrected chi connectivity index (χ3v) is 5.19. The van der Waals surface area contributed by atoms with E-state index in [0.29, 0.717) is 0 Å². The molecule has 0 bridgehead atoms. The Kier molecular flexibility index (Phi) is 31.3. The normalized spacial score (nSPS) is 11.2. The zero-order chi connectivity index (χ0) is 21.7. The Labute approximate surface area is 236 Å². The first kappa shape index (κ1) is 36.1. The van der Waals surface area contributed by atoms with Crippen molar-refractivity contribution in [2.45, 2.75) is 129 Å². The molecule has 0 aliphatic heterocycles. The van der Waals surface area contributed by atoms with Gasteiger partial charge >= 0.3 is 77.0 Å². The number of nitrogens with two attached hydrogens (primary N) is 1. The van der Waals surface area contributed by atoms with Gasteiger partial charge in [-0.15, -0.1) is 0 Å². The molecule has 0 aliphatic carbocycles. The first-order chi connectivity index (χ1) is 14.0. The van der Waals surface area contributed by atoms with Crippen LogP contribution in [-0.4, -0.2) is 29.1 Å². The van der Waals surface area contributed by atoms with Crippen LogP contribution < -0.4 is 64.8 Å². The van der Waals surface area contributed by atoms with Crippen molar-refractivity contribution in [3.63, 3.8) is 0 Å². The van der Waals surface area contributed by atoms with E-state index in [1.54, 1.807) is 0 Å². The second-order valence-corrected chi connectivity index (χ2v) is 8.03. The SMILES string of the molecule is CCCCCCCCCCCCCCCCCC(=O)OC(=O)CC[C@H](N)C(=O)O.[H-].[H-].[Na+].[Na+]. The number of aliphatic carboxylic acids is 1. The molecule has 0 aromatic carbocycles. The Hall–Kier alpha value is 0.570. The van der Waals surface area contributed by atoms with Crippen LogP contribution in [-0.2, 0) is 19.1 Å². The molecule has 1 atom stereocenters. The molecule has 0 aromatic rings. The van der Waals surface area contributed by atoms with Crippen molar-refractivity contribution < 1.29 is 86.2 Å². The summed E-state index contributed by atoms with van der Waals surface area (Å²) in [7, 11) is 0. The van der Waals surface area contributed by atoms with Crippen LogP contribution in [0, 0.1) is 0 Å². The summed E-state index contributed by atoms with van der Waals surface area (Å²) in [6.45, 7) is 2.25. The number of carbonyl (C=O) groups excluding carboxylic acids is 2. The van der Waals surface area contributed by atoms with E-state index in [4.69, 9.17) is 10.8 Å². The maximum Gasteiger partial charge on any atom is 1.00 e. The predicted molar refractivity (Wildman–Crippen MR) is 118 cm³/mol. The average Bonchev–Trinajstić information content (AvgIpc) is 2.68. The van der Waals surface area contributed by atoms with Gasteiger partial charge in [0.15, 0.2) is 0 Å². The smallest absolute Gasteiger partial charge is 1.00 e. The molecule has 0 aliphatic rings. The minimum absolute atomic E-state index is 0. The Morgan fingerprint density at radius 1 is 0.710 bits per heavy atom. The maximum absolute atomic E-state index is 11.6. The van der Waals surface area contributed by atoms with Crippen LogP contribution in [0.4, 0.5) is 0 Å². The van der Waals surface area contributed by atoms with Gasteiger partial charge in [-0.1, -0.05) is 96.8 Å². The van der Waals surface area contributed by atoms with Crippen molar-refractivity contribution in [1.29, 1.82) is 0 Å². The molecular formula is C23H45NNa2O5. The van der Waals surface area contributed by atoms with Crippen LogP contribution >= 0.6 is 0 Å². The third kappa shape index (κ3) is 26.7. The molecule has 0 aromatic heterocycles. The van der Waals surface area contributed by atoms with Gasteiger partial charge in [-0.2, -0.15) is 0 Å². The molecule has 6 nitrogen and oxygen atoms in total. The van der Waals surface area contributed by atoms with Gasteiger partial charge in [0.2, 0.25) is 0 Å². The van der Waals surface area contributed by atoms with Crippen molar-refractivity contribution in [3.8, 4) is 0 Å². The summed E-state index contributed by atoms with van der Waals surface area (Å²) in [5.41, 5.74) is 5.30. The van der Waals surface area contributed by atoms with E-state index in [1.165, 1.54) is 77.0 Å². The summed E-state index contributed by atoms with van der Waals surface area (Å²) in [6.07, 6.45) is 18.9. The molecule has 0 rings (SSSR count). The van der Waals surface area contributed by atoms with E-state index in [9.17, 15) is 14.4 Å². The minimum Gasteiger partial charge on any atom is -1.00 e. The van der Waals surface area contributed by atoms with E-state index in [-0.39, 0.29) is 81.2 Å². The van der Waals surface area contributed by atoms with Crippen molar-refractivity contribution in [1.82, 2.24) is 0 Å². The molecule has 0 radical (unpaired) electrons. The fourth-order valence-electron chi connectivity index (χ4n) is 3.27. The standard InChI is InChI=1S/C23H43NO5.2Na.2H/c1-2-3-4-5-6-7-8-9-10-11-12-13-14-15-16-17-21(25)29-22(26)19-18-20(24)23(27)28;;;;/h20H,2-19,24H2,1H3,(H,27,28);;;;/q;2*+1;2*-1/t20-;;;;/m0..../s1. The average molecular weight is 462 g/mol. The Morgan fingerprint density at radius 3 is 1.45 bits per heavy atom. The fourth-order valence-corrected chi connectivity index (χ4v) is 3.27. The number of carboxylic acid groups (broad SMARTS) is 1. The summed E-state index contributed by atoms with van der Waals surface area (Å²) in [5, 5.41) is 8.63. The number of unbranched alkanes of at least 4 members (excludes halogenated alkanes) is 14. The topological polar surface area (TPSA) is 107 Å². The molecule has 0 unspecified atom stereocenters. The van der Waals surface area contributed by atoms with Crippen LogP contribution in [0.15, 0.2) is 0 Å². The van der Waals surface area contributed by atoms with E-state index in [2.05, 4.69) is 11.7 Å². The molecule has 0 heterocycles. The van der Waals surface area contributed by atoms with Gasteiger partial charge in [-0.3, -0.25) is 14.4 Å². The molecule has 0 amide bonds. The molecule has 0 saturated heterocycles. The maximum atomic E-state index is 11.6. The van der Waals surface area contributed by atoms with Crippen molar-refractivity contribution >= 4 is 17.9 Å². The first-order valence-corrected chi connectivity index (χ1v) is 11.7. The summed E-state index contributed by atoms with van der Waals surface area (Å²) >= 11 is 0. The monoisotopic (exact) mass is 461 g/mol. The summed E-state index contributed by atoms with van der Waals surface area (Å²) in [6, 6.07) is -1.10. The van der Waals surface area contributed by atoms with Crippen LogP contribution in [0.25, 0.3) is 0 Å². The van der Waals surface area contributed by atoms with Gasteiger partial charge in [-0.05, 0) is 12.8 Å². The van der Waals surface area contributed by atoms with Gasteiger partial charge in [-0.25, -0.2) is 0 Å². The van der Waals surface area contributed by atoms with Crippen LogP contribution in [0.2, 0.25) is 0 Å². The summed E-state index contributed by atoms with van der Waals surface area (Å²) in [5.74, 6) is -2.40. The fraction of sp³-hybridized carbons (Fsp3) is 0.870. The molecule has 31 heavy (non-hydrogen) atoms. The number of rotatable bonds is 20. The number of carbonyl (C=O) groups is 3. The number of hydrogen-bond donors (Lipinski definition) is 2. The van der Waals surface area contributed by atoms with Crippen molar-refractivity contribution in [2.24, 2.45) is 5.73 Å². The quantitative estimate of drug-likeness (QED) is 0.112. The molecule has 0 spiro atoms.